The second-order valence-corrected chi connectivity index (χ2v) is 10.2. The number of fused-ring (bicyclic) bond motifs is 1. The number of imidazole rings is 1. The lowest BCUT2D eigenvalue weighted by atomic mass is 9.77. The summed E-state index contributed by atoms with van der Waals surface area (Å²) in [5.74, 6) is -0.110. The smallest absolute Gasteiger partial charge is 0.302 e. The van der Waals surface area contributed by atoms with Gasteiger partial charge in [0, 0.05) is 24.6 Å². The van der Waals surface area contributed by atoms with Gasteiger partial charge in [0.2, 0.25) is 5.95 Å². The van der Waals surface area contributed by atoms with Crippen LogP contribution in [0.3, 0.4) is 0 Å². The molecule has 0 aliphatic heterocycles. The molecule has 2 heterocycles. The Morgan fingerprint density at radius 1 is 0.872 bits per heavy atom. The SMILES string of the molecule is COc1ccc(C(Nc2nc3c(ncn3COC(COC(C)=O)COC(C)=O)c(=O)[nH]2)(c2ccccc2)c2ccccc2)cc1.N#N. The number of carbonyl (C=O) groups excluding carboxylic acids is 2. The van der Waals surface area contributed by atoms with E-state index in [0.29, 0.717) is 5.75 Å². The molecule has 0 aliphatic rings. The van der Waals surface area contributed by atoms with E-state index in [0.717, 1.165) is 16.7 Å². The summed E-state index contributed by atoms with van der Waals surface area (Å²) in [7, 11) is 1.61. The lowest BCUT2D eigenvalue weighted by molar-refractivity contribution is -0.154. The number of nitrogens with zero attached hydrogens (tertiary/aromatic N) is 5. The van der Waals surface area contributed by atoms with E-state index in [-0.39, 0.29) is 37.1 Å². The molecule has 0 saturated carbocycles. The number of methoxy groups -OCH3 is 1. The van der Waals surface area contributed by atoms with Crippen molar-refractivity contribution in [1.29, 1.82) is 10.8 Å². The molecule has 0 atom stereocenters. The lowest BCUT2D eigenvalue weighted by Gasteiger charge is -2.37. The molecule has 14 nitrogen and oxygen atoms in total. The van der Waals surface area contributed by atoms with E-state index in [9.17, 15) is 14.4 Å². The molecule has 2 aromatic heterocycles. The Hall–Kier alpha value is -6.07. The highest BCUT2D eigenvalue weighted by molar-refractivity contribution is 5.71. The molecule has 2 N–H and O–H groups in total. The van der Waals surface area contributed by atoms with Gasteiger partial charge in [0.1, 0.15) is 37.3 Å². The summed E-state index contributed by atoms with van der Waals surface area (Å²) in [5.41, 5.74) is 1.60. The summed E-state index contributed by atoms with van der Waals surface area (Å²) < 4.78 is 23.0. The van der Waals surface area contributed by atoms with Crippen LogP contribution in [0, 0.1) is 10.8 Å². The van der Waals surface area contributed by atoms with E-state index in [1.54, 1.807) is 11.7 Å². The topological polar surface area (TPSA) is 194 Å². The molecule has 242 valence electrons. The first-order valence-corrected chi connectivity index (χ1v) is 14.4. The van der Waals surface area contributed by atoms with Crippen molar-refractivity contribution in [1.82, 2.24) is 19.5 Å². The molecule has 0 amide bonds. The molecule has 0 fully saturated rings. The number of aromatic amines is 1. The Morgan fingerprint density at radius 3 is 1.91 bits per heavy atom. The normalized spacial score (nSPS) is 10.9. The Bertz CT molecular complexity index is 1800. The molecule has 14 heteroatoms. The number of hydrogen-bond donors (Lipinski definition) is 2. The number of H-pyrrole nitrogens is 1. The predicted octanol–water partition coefficient (Wildman–Crippen LogP) is 4.03. The third kappa shape index (κ3) is 7.96. The number of nitrogens with one attached hydrogen (secondary N) is 2. The highest BCUT2D eigenvalue weighted by atomic mass is 16.6. The minimum Gasteiger partial charge on any atom is -0.497 e. The maximum atomic E-state index is 13.3. The third-order valence-corrected chi connectivity index (χ3v) is 7.11. The van der Waals surface area contributed by atoms with E-state index < -0.39 is 29.1 Å². The number of esters is 2. The summed E-state index contributed by atoms with van der Waals surface area (Å²) in [6, 6.07) is 27.4. The van der Waals surface area contributed by atoms with E-state index in [4.69, 9.17) is 34.7 Å². The second kappa shape index (κ2) is 15.8. The third-order valence-electron chi connectivity index (χ3n) is 7.11. The Labute approximate surface area is 269 Å². The van der Waals surface area contributed by atoms with Crippen LogP contribution < -0.4 is 15.6 Å². The number of aromatic nitrogens is 4. The van der Waals surface area contributed by atoms with Crippen LogP contribution in [0.5, 0.6) is 5.75 Å². The van der Waals surface area contributed by atoms with Crippen molar-refractivity contribution in [3.63, 3.8) is 0 Å². The van der Waals surface area contributed by atoms with Gasteiger partial charge in [-0.3, -0.25) is 23.9 Å². The van der Waals surface area contributed by atoms with Crippen LogP contribution in [0.4, 0.5) is 5.95 Å². The number of ether oxygens (including phenoxy) is 4. The molecular formula is C33H33N7O7. The van der Waals surface area contributed by atoms with Gasteiger partial charge in [0.25, 0.3) is 5.56 Å². The van der Waals surface area contributed by atoms with Crippen molar-refractivity contribution in [3.8, 4) is 5.75 Å². The van der Waals surface area contributed by atoms with Gasteiger partial charge in [-0.25, -0.2) is 4.98 Å². The average molecular weight is 640 g/mol. The molecule has 0 unspecified atom stereocenters. The first kappa shape index (κ1) is 33.8. The van der Waals surface area contributed by atoms with Crippen molar-refractivity contribution < 1.29 is 28.5 Å². The summed E-state index contributed by atoms with van der Waals surface area (Å²) >= 11 is 0. The Balaban J connectivity index is 0.00000245. The van der Waals surface area contributed by atoms with Crippen molar-refractivity contribution >= 4 is 29.1 Å². The quantitative estimate of drug-likeness (QED) is 0.107. The number of rotatable bonds is 13. The van der Waals surface area contributed by atoms with Crippen LogP contribution in [-0.4, -0.2) is 57.9 Å². The molecular weight excluding hydrogens is 606 g/mol. The fraction of sp³-hybridized carbons (Fsp3) is 0.242. The average Bonchev–Trinajstić information content (AvgIpc) is 3.51. The fourth-order valence-electron chi connectivity index (χ4n) is 4.97. The number of carbonyl (C=O) groups is 2. The van der Waals surface area contributed by atoms with Gasteiger partial charge in [-0.15, -0.1) is 0 Å². The van der Waals surface area contributed by atoms with Gasteiger partial charge in [-0.05, 0) is 28.8 Å². The molecule has 0 bridgehead atoms. The molecule has 5 rings (SSSR count). The zero-order chi connectivity index (χ0) is 33.8. The largest absolute Gasteiger partial charge is 0.497 e. The fourth-order valence-corrected chi connectivity index (χ4v) is 4.97. The highest BCUT2D eigenvalue weighted by Crippen LogP contribution is 2.40. The van der Waals surface area contributed by atoms with Crippen molar-refractivity contribution in [2.75, 3.05) is 25.6 Å². The molecule has 5 aromatic rings. The maximum absolute atomic E-state index is 13.3. The second-order valence-electron chi connectivity index (χ2n) is 10.2. The number of hydrogen-bond acceptors (Lipinski definition) is 12. The predicted molar refractivity (Wildman–Crippen MR) is 169 cm³/mol. The molecule has 3 aromatic carbocycles. The monoisotopic (exact) mass is 639 g/mol. The zero-order valence-corrected chi connectivity index (χ0v) is 26.0. The van der Waals surface area contributed by atoms with E-state index >= 15 is 0 Å². The van der Waals surface area contributed by atoms with Gasteiger partial charge < -0.3 is 24.3 Å². The molecule has 47 heavy (non-hydrogen) atoms. The minimum absolute atomic E-state index is 0.107. The molecule has 0 aliphatic carbocycles. The lowest BCUT2D eigenvalue weighted by Crippen LogP contribution is -2.39. The number of anilines is 1. The van der Waals surface area contributed by atoms with Gasteiger partial charge in [0.15, 0.2) is 11.2 Å². The Morgan fingerprint density at radius 2 is 1.40 bits per heavy atom. The summed E-state index contributed by atoms with van der Waals surface area (Å²) in [5, 5.41) is 15.6. The molecule has 0 saturated heterocycles. The van der Waals surface area contributed by atoms with Crippen molar-refractivity contribution in [2.45, 2.75) is 32.2 Å². The van der Waals surface area contributed by atoms with Crippen LogP contribution in [-0.2, 0) is 36.1 Å². The van der Waals surface area contributed by atoms with Crippen LogP contribution in [0.25, 0.3) is 11.2 Å². The van der Waals surface area contributed by atoms with E-state index in [1.807, 2.05) is 84.9 Å². The highest BCUT2D eigenvalue weighted by Gasteiger charge is 2.37. The van der Waals surface area contributed by atoms with Gasteiger partial charge in [-0.1, -0.05) is 72.8 Å². The van der Waals surface area contributed by atoms with Crippen molar-refractivity contribution in [3.05, 3.63) is 118 Å². The minimum atomic E-state index is -0.987. The van der Waals surface area contributed by atoms with E-state index in [2.05, 4.69) is 15.3 Å². The first-order chi connectivity index (χ1) is 22.8. The zero-order valence-electron chi connectivity index (χ0n) is 26.0. The van der Waals surface area contributed by atoms with Crippen molar-refractivity contribution in [2.24, 2.45) is 0 Å². The summed E-state index contributed by atoms with van der Waals surface area (Å²) in [6.45, 7) is 2.17. The molecule has 0 radical (unpaired) electrons. The first-order valence-electron chi connectivity index (χ1n) is 14.4. The van der Waals surface area contributed by atoms with Crippen LogP contribution >= 0.6 is 0 Å². The van der Waals surface area contributed by atoms with Gasteiger partial charge in [-0.2, -0.15) is 4.98 Å². The standard InChI is InChI=1S/C33H33N5O7.N2/c1-22(39)43-18-28(19-44-23(2)40)45-21-38-20-34-29-30(38)35-32(36-31(29)41)37-33(24-10-6-4-7-11-24,25-12-8-5-9-13-25)26-14-16-27(42-3)17-15-26;1-2/h4-17,20,28H,18-19,21H2,1-3H3,(H2,35,36,37,41);. The van der Waals surface area contributed by atoms with Crippen LogP contribution in [0.15, 0.2) is 96.1 Å². The molecule has 0 spiro atoms. The summed E-state index contributed by atoms with van der Waals surface area (Å²) in [6.07, 6.45) is 0.671. The maximum Gasteiger partial charge on any atom is 0.302 e. The van der Waals surface area contributed by atoms with Gasteiger partial charge >= 0.3 is 11.9 Å². The number of benzene rings is 3. The summed E-state index contributed by atoms with van der Waals surface area (Å²) in [4.78, 5) is 47.9. The van der Waals surface area contributed by atoms with Crippen LogP contribution in [0.2, 0.25) is 0 Å². The van der Waals surface area contributed by atoms with Crippen LogP contribution in [0.1, 0.15) is 30.5 Å². The van der Waals surface area contributed by atoms with Gasteiger partial charge in [0.05, 0.1) is 13.4 Å². The Kier molecular flexibility index (Phi) is 11.4. The van der Waals surface area contributed by atoms with E-state index in [1.165, 1.54) is 20.2 Å².